The quantitative estimate of drug-likeness (QED) is 0.666. The van der Waals surface area contributed by atoms with Crippen molar-refractivity contribution in [3.8, 4) is 0 Å². The molecule has 17 heavy (non-hydrogen) atoms. The fourth-order valence-electron chi connectivity index (χ4n) is 1.59. The Labute approximate surface area is 100 Å². The van der Waals surface area contributed by atoms with Gasteiger partial charge in [0, 0.05) is 13.1 Å². The molecule has 0 atom stereocenters. The number of hydrogen-bond acceptors (Lipinski definition) is 5. The fourth-order valence-corrected chi connectivity index (χ4v) is 1.59. The van der Waals surface area contributed by atoms with E-state index in [0.29, 0.717) is 5.95 Å². The highest BCUT2D eigenvalue weighted by molar-refractivity contribution is 5.86. The molecule has 0 unspecified atom stereocenters. The van der Waals surface area contributed by atoms with Crippen LogP contribution in [0.3, 0.4) is 0 Å². The molecule has 92 valence electrons. The second-order valence-electron chi connectivity index (χ2n) is 3.84. The maximum Gasteiger partial charge on any atom is 0.226 e. The molecule has 6 nitrogen and oxygen atoms in total. The number of nitrogens with zero attached hydrogens (tertiary/aromatic N) is 3. The minimum atomic E-state index is 0.628. The normalized spacial score (nSPS) is 10.7. The van der Waals surface area contributed by atoms with Crippen LogP contribution in [0.2, 0.25) is 0 Å². The Morgan fingerprint density at radius 3 is 2.88 bits per heavy atom. The molecule has 2 aromatic heterocycles. The average molecular weight is 234 g/mol. The first kappa shape index (κ1) is 11.6. The Morgan fingerprint density at radius 2 is 2.12 bits per heavy atom. The number of rotatable bonds is 6. The Morgan fingerprint density at radius 1 is 1.24 bits per heavy atom. The lowest BCUT2D eigenvalue weighted by molar-refractivity contribution is 0.831. The lowest BCUT2D eigenvalue weighted by Crippen LogP contribution is -2.08. The molecule has 0 saturated heterocycles. The number of aromatic nitrogens is 4. The van der Waals surface area contributed by atoms with Crippen LogP contribution < -0.4 is 10.6 Å². The van der Waals surface area contributed by atoms with Crippen molar-refractivity contribution >= 4 is 22.8 Å². The van der Waals surface area contributed by atoms with Gasteiger partial charge in [0.1, 0.15) is 5.82 Å². The molecule has 0 fully saturated rings. The molecule has 6 heteroatoms. The standard InChI is InChI=1S/C11H18N6/c1-3-5-6-13-9-8-7-14-17-10(8)16-11(15-9)12-4-2/h7H,3-6H2,1-2H3,(H3,12,13,14,15,16,17). The first-order valence-corrected chi connectivity index (χ1v) is 6.04. The molecule has 0 bridgehead atoms. The summed E-state index contributed by atoms with van der Waals surface area (Å²) in [6.45, 7) is 5.90. The van der Waals surface area contributed by atoms with E-state index < -0.39 is 0 Å². The molecule has 0 radical (unpaired) electrons. The van der Waals surface area contributed by atoms with Crippen LogP contribution in [-0.2, 0) is 0 Å². The van der Waals surface area contributed by atoms with Gasteiger partial charge in [-0.15, -0.1) is 0 Å². The van der Waals surface area contributed by atoms with Gasteiger partial charge < -0.3 is 10.6 Å². The van der Waals surface area contributed by atoms with Crippen molar-refractivity contribution in [3.63, 3.8) is 0 Å². The van der Waals surface area contributed by atoms with Crippen LogP contribution >= 0.6 is 0 Å². The highest BCUT2D eigenvalue weighted by atomic mass is 15.2. The summed E-state index contributed by atoms with van der Waals surface area (Å²) < 4.78 is 0. The number of unbranched alkanes of at least 4 members (excludes halogenated alkanes) is 1. The smallest absolute Gasteiger partial charge is 0.226 e. The summed E-state index contributed by atoms with van der Waals surface area (Å²) in [5.41, 5.74) is 0.759. The molecule has 2 rings (SSSR count). The third-order valence-electron chi connectivity index (χ3n) is 2.47. The van der Waals surface area contributed by atoms with Crippen molar-refractivity contribution in [2.24, 2.45) is 0 Å². The van der Waals surface area contributed by atoms with E-state index in [0.717, 1.165) is 42.8 Å². The van der Waals surface area contributed by atoms with Crippen molar-refractivity contribution in [2.45, 2.75) is 26.7 Å². The minimum Gasteiger partial charge on any atom is -0.369 e. The summed E-state index contributed by atoms with van der Waals surface area (Å²) >= 11 is 0. The van der Waals surface area contributed by atoms with Crippen LogP contribution in [-0.4, -0.2) is 33.3 Å². The van der Waals surface area contributed by atoms with Gasteiger partial charge in [0.25, 0.3) is 0 Å². The fraction of sp³-hybridized carbons (Fsp3) is 0.545. The van der Waals surface area contributed by atoms with E-state index in [1.807, 2.05) is 6.92 Å². The predicted molar refractivity (Wildman–Crippen MR) is 69.2 cm³/mol. The number of nitrogens with one attached hydrogen (secondary N) is 3. The van der Waals surface area contributed by atoms with E-state index in [4.69, 9.17) is 0 Å². The summed E-state index contributed by atoms with van der Waals surface area (Å²) in [4.78, 5) is 8.77. The number of aromatic amines is 1. The van der Waals surface area contributed by atoms with Crippen molar-refractivity contribution in [2.75, 3.05) is 23.7 Å². The van der Waals surface area contributed by atoms with E-state index in [9.17, 15) is 0 Å². The highest BCUT2D eigenvalue weighted by Gasteiger charge is 2.08. The van der Waals surface area contributed by atoms with Gasteiger partial charge in [0.05, 0.1) is 11.6 Å². The molecule has 0 aliphatic carbocycles. The third kappa shape index (κ3) is 2.64. The van der Waals surface area contributed by atoms with E-state index in [-0.39, 0.29) is 0 Å². The average Bonchev–Trinajstić information content (AvgIpc) is 2.78. The molecular weight excluding hydrogens is 216 g/mol. The Bertz CT molecular complexity index is 478. The van der Waals surface area contributed by atoms with Gasteiger partial charge in [-0.25, -0.2) is 0 Å². The van der Waals surface area contributed by atoms with Gasteiger partial charge in [0.2, 0.25) is 5.95 Å². The maximum atomic E-state index is 4.44. The number of H-pyrrole nitrogens is 1. The molecular formula is C11H18N6. The Kier molecular flexibility index (Phi) is 3.74. The summed E-state index contributed by atoms with van der Waals surface area (Å²) in [7, 11) is 0. The van der Waals surface area contributed by atoms with Crippen LogP contribution in [0.15, 0.2) is 6.20 Å². The molecule has 0 spiro atoms. The topological polar surface area (TPSA) is 78.5 Å². The summed E-state index contributed by atoms with van der Waals surface area (Å²) in [5, 5.41) is 14.2. The van der Waals surface area contributed by atoms with E-state index >= 15 is 0 Å². The number of anilines is 2. The van der Waals surface area contributed by atoms with Crippen molar-refractivity contribution in [1.29, 1.82) is 0 Å². The van der Waals surface area contributed by atoms with Gasteiger partial charge in [0.15, 0.2) is 5.65 Å². The van der Waals surface area contributed by atoms with Crippen LogP contribution in [0.1, 0.15) is 26.7 Å². The second kappa shape index (κ2) is 5.47. The van der Waals surface area contributed by atoms with Crippen molar-refractivity contribution < 1.29 is 0 Å². The van der Waals surface area contributed by atoms with Crippen molar-refractivity contribution in [1.82, 2.24) is 20.2 Å². The summed E-state index contributed by atoms with van der Waals surface area (Å²) in [6, 6.07) is 0. The lowest BCUT2D eigenvalue weighted by Gasteiger charge is -2.08. The third-order valence-corrected chi connectivity index (χ3v) is 2.47. The first-order valence-electron chi connectivity index (χ1n) is 6.04. The molecule has 0 amide bonds. The molecule has 0 aliphatic rings. The molecule has 0 aliphatic heterocycles. The minimum absolute atomic E-state index is 0.628. The Hall–Kier alpha value is -1.85. The molecule has 2 heterocycles. The predicted octanol–water partition coefficient (Wildman–Crippen LogP) is 2.00. The van der Waals surface area contributed by atoms with Crippen molar-refractivity contribution in [3.05, 3.63) is 6.20 Å². The van der Waals surface area contributed by atoms with Gasteiger partial charge in [-0.3, -0.25) is 5.10 Å². The maximum absolute atomic E-state index is 4.44. The van der Waals surface area contributed by atoms with Gasteiger partial charge in [-0.1, -0.05) is 13.3 Å². The summed E-state index contributed by atoms with van der Waals surface area (Å²) in [6.07, 6.45) is 4.03. The largest absolute Gasteiger partial charge is 0.369 e. The van der Waals surface area contributed by atoms with E-state index in [1.165, 1.54) is 0 Å². The van der Waals surface area contributed by atoms with Gasteiger partial charge >= 0.3 is 0 Å². The molecule has 0 aromatic carbocycles. The van der Waals surface area contributed by atoms with Crippen LogP contribution in [0, 0.1) is 0 Å². The van der Waals surface area contributed by atoms with Crippen LogP contribution in [0.4, 0.5) is 11.8 Å². The lowest BCUT2D eigenvalue weighted by atomic mass is 10.3. The SMILES string of the molecule is CCCCNc1nc(NCC)nc2[nH]ncc12. The van der Waals surface area contributed by atoms with E-state index in [1.54, 1.807) is 6.20 Å². The zero-order chi connectivity index (χ0) is 12.1. The molecule has 0 saturated carbocycles. The second-order valence-corrected chi connectivity index (χ2v) is 3.84. The molecule has 3 N–H and O–H groups in total. The first-order chi connectivity index (χ1) is 8.35. The summed E-state index contributed by atoms with van der Waals surface area (Å²) in [5.74, 6) is 1.47. The van der Waals surface area contributed by atoms with Gasteiger partial charge in [-0.05, 0) is 13.3 Å². The van der Waals surface area contributed by atoms with Crippen LogP contribution in [0.5, 0.6) is 0 Å². The van der Waals surface area contributed by atoms with E-state index in [2.05, 4.69) is 37.7 Å². The monoisotopic (exact) mass is 234 g/mol. The van der Waals surface area contributed by atoms with Crippen LogP contribution in [0.25, 0.3) is 11.0 Å². The number of hydrogen-bond donors (Lipinski definition) is 3. The zero-order valence-corrected chi connectivity index (χ0v) is 10.2. The zero-order valence-electron chi connectivity index (χ0n) is 10.2. The highest BCUT2D eigenvalue weighted by Crippen LogP contribution is 2.19. The molecule has 2 aromatic rings. The Balaban J connectivity index is 2.26. The van der Waals surface area contributed by atoms with Gasteiger partial charge in [-0.2, -0.15) is 15.1 Å². The number of fused-ring (bicyclic) bond motifs is 1.